The Bertz CT molecular complexity index is 329. The Balaban J connectivity index is 2.07. The lowest BCUT2D eigenvalue weighted by Gasteiger charge is -2.41. The van der Waals surface area contributed by atoms with Crippen LogP contribution in [-0.2, 0) is 4.79 Å². The molecule has 1 amide bonds. The van der Waals surface area contributed by atoms with Gasteiger partial charge in [0, 0.05) is 6.04 Å². The SMILES string of the molecule is CCCCC1NC(C)N(C2CCCCC2C(C)C)C1=O. The smallest absolute Gasteiger partial charge is 0.241 e. The van der Waals surface area contributed by atoms with E-state index in [-0.39, 0.29) is 12.2 Å². The zero-order chi connectivity index (χ0) is 14.7. The number of nitrogens with zero attached hydrogens (tertiary/aromatic N) is 1. The second kappa shape index (κ2) is 6.93. The normalized spacial score (nSPS) is 35.0. The van der Waals surface area contributed by atoms with Gasteiger partial charge in [0.1, 0.15) is 0 Å². The van der Waals surface area contributed by atoms with Crippen molar-refractivity contribution in [1.29, 1.82) is 0 Å². The zero-order valence-electron chi connectivity index (χ0n) is 13.7. The number of nitrogens with one attached hydrogen (secondary N) is 1. The number of carbonyl (C=O) groups is 1. The maximum absolute atomic E-state index is 12.8. The van der Waals surface area contributed by atoms with Gasteiger partial charge in [-0.1, -0.05) is 46.5 Å². The Morgan fingerprint density at radius 2 is 2.00 bits per heavy atom. The molecule has 1 N–H and O–H groups in total. The monoisotopic (exact) mass is 280 g/mol. The highest BCUT2D eigenvalue weighted by Gasteiger charge is 2.43. The standard InChI is InChI=1S/C17H32N2O/c1-5-6-10-15-17(20)19(13(4)18-15)16-11-8-7-9-14(16)12(2)3/h12-16,18H,5-11H2,1-4H3. The fraction of sp³-hybridized carbons (Fsp3) is 0.941. The van der Waals surface area contributed by atoms with Gasteiger partial charge in [-0.05, 0) is 38.0 Å². The first-order valence-corrected chi connectivity index (χ1v) is 8.64. The maximum atomic E-state index is 12.8. The average molecular weight is 280 g/mol. The van der Waals surface area contributed by atoms with Crippen molar-refractivity contribution in [3.8, 4) is 0 Å². The van der Waals surface area contributed by atoms with Crippen LogP contribution in [0.1, 0.15) is 72.6 Å². The summed E-state index contributed by atoms with van der Waals surface area (Å²) in [7, 11) is 0. The molecule has 2 aliphatic rings. The highest BCUT2D eigenvalue weighted by molar-refractivity contribution is 5.84. The lowest BCUT2D eigenvalue weighted by molar-refractivity contribution is -0.134. The van der Waals surface area contributed by atoms with Crippen LogP contribution in [0.3, 0.4) is 0 Å². The van der Waals surface area contributed by atoms with Gasteiger partial charge in [0.15, 0.2) is 0 Å². The Morgan fingerprint density at radius 3 is 2.65 bits per heavy atom. The van der Waals surface area contributed by atoms with Crippen LogP contribution in [0.5, 0.6) is 0 Å². The summed E-state index contributed by atoms with van der Waals surface area (Å²) in [5.41, 5.74) is 0. The summed E-state index contributed by atoms with van der Waals surface area (Å²) >= 11 is 0. The molecule has 1 aliphatic heterocycles. The van der Waals surface area contributed by atoms with Crippen LogP contribution < -0.4 is 5.32 Å². The number of amides is 1. The highest BCUT2D eigenvalue weighted by Crippen LogP contribution is 2.36. The molecule has 0 aromatic rings. The van der Waals surface area contributed by atoms with Crippen molar-refractivity contribution in [3.63, 3.8) is 0 Å². The number of hydrogen-bond acceptors (Lipinski definition) is 2. The van der Waals surface area contributed by atoms with Gasteiger partial charge in [0.2, 0.25) is 5.91 Å². The largest absolute Gasteiger partial charge is 0.323 e. The third kappa shape index (κ3) is 3.19. The third-order valence-electron chi connectivity index (χ3n) is 5.25. The van der Waals surface area contributed by atoms with Crippen molar-refractivity contribution in [2.75, 3.05) is 0 Å². The van der Waals surface area contributed by atoms with E-state index in [1.54, 1.807) is 0 Å². The van der Waals surface area contributed by atoms with Crippen molar-refractivity contribution in [3.05, 3.63) is 0 Å². The molecule has 116 valence electrons. The molecule has 1 saturated heterocycles. The molecule has 2 fully saturated rings. The molecule has 1 aliphatic carbocycles. The summed E-state index contributed by atoms with van der Waals surface area (Å²) in [6, 6.07) is 0.532. The van der Waals surface area contributed by atoms with Gasteiger partial charge >= 0.3 is 0 Å². The van der Waals surface area contributed by atoms with Crippen molar-refractivity contribution in [2.24, 2.45) is 11.8 Å². The molecule has 0 aromatic carbocycles. The Labute approximate surface area is 124 Å². The van der Waals surface area contributed by atoms with Crippen molar-refractivity contribution >= 4 is 5.91 Å². The van der Waals surface area contributed by atoms with Crippen molar-refractivity contribution in [2.45, 2.75) is 90.9 Å². The van der Waals surface area contributed by atoms with Gasteiger partial charge in [-0.25, -0.2) is 0 Å². The van der Waals surface area contributed by atoms with Crippen LogP contribution in [0, 0.1) is 11.8 Å². The third-order valence-corrected chi connectivity index (χ3v) is 5.25. The maximum Gasteiger partial charge on any atom is 0.241 e. The fourth-order valence-corrected chi connectivity index (χ4v) is 4.14. The van der Waals surface area contributed by atoms with Gasteiger partial charge in [0.05, 0.1) is 12.2 Å². The second-order valence-corrected chi connectivity index (χ2v) is 7.04. The number of carbonyl (C=O) groups excluding carboxylic acids is 1. The molecule has 20 heavy (non-hydrogen) atoms. The van der Waals surface area contributed by atoms with E-state index in [1.807, 2.05) is 0 Å². The van der Waals surface area contributed by atoms with E-state index in [0.717, 1.165) is 19.3 Å². The molecule has 1 heterocycles. The van der Waals surface area contributed by atoms with Crippen LogP contribution in [0.15, 0.2) is 0 Å². The van der Waals surface area contributed by atoms with E-state index in [0.29, 0.717) is 23.8 Å². The molecule has 0 radical (unpaired) electrons. The minimum Gasteiger partial charge on any atom is -0.323 e. The summed E-state index contributed by atoms with van der Waals surface area (Å²) in [5, 5.41) is 3.52. The van der Waals surface area contributed by atoms with Crippen LogP contribution in [0.2, 0.25) is 0 Å². The van der Waals surface area contributed by atoms with Gasteiger partial charge in [-0.3, -0.25) is 10.1 Å². The van der Waals surface area contributed by atoms with E-state index in [9.17, 15) is 4.79 Å². The van der Waals surface area contributed by atoms with Gasteiger partial charge < -0.3 is 4.90 Å². The van der Waals surface area contributed by atoms with E-state index in [2.05, 4.69) is 37.9 Å². The van der Waals surface area contributed by atoms with Gasteiger partial charge in [-0.15, -0.1) is 0 Å². The van der Waals surface area contributed by atoms with Crippen LogP contribution >= 0.6 is 0 Å². The number of hydrogen-bond donors (Lipinski definition) is 1. The second-order valence-electron chi connectivity index (χ2n) is 7.04. The summed E-state index contributed by atoms with van der Waals surface area (Å²) in [6.07, 6.45) is 8.62. The fourth-order valence-electron chi connectivity index (χ4n) is 4.14. The first-order chi connectivity index (χ1) is 9.56. The van der Waals surface area contributed by atoms with Crippen molar-refractivity contribution < 1.29 is 4.79 Å². The topological polar surface area (TPSA) is 32.3 Å². The number of rotatable bonds is 5. The molecular weight excluding hydrogens is 248 g/mol. The molecule has 3 nitrogen and oxygen atoms in total. The predicted molar refractivity (Wildman–Crippen MR) is 83.3 cm³/mol. The Hall–Kier alpha value is -0.570. The molecule has 0 aromatic heterocycles. The molecular formula is C17H32N2O. The van der Waals surface area contributed by atoms with Gasteiger partial charge in [0.25, 0.3) is 0 Å². The summed E-state index contributed by atoms with van der Waals surface area (Å²) < 4.78 is 0. The summed E-state index contributed by atoms with van der Waals surface area (Å²) in [5.74, 6) is 1.72. The molecule has 4 atom stereocenters. The molecule has 0 bridgehead atoms. The van der Waals surface area contributed by atoms with Crippen LogP contribution in [-0.4, -0.2) is 29.1 Å². The van der Waals surface area contributed by atoms with Crippen molar-refractivity contribution in [1.82, 2.24) is 10.2 Å². The van der Waals surface area contributed by atoms with E-state index >= 15 is 0 Å². The predicted octanol–water partition coefficient (Wildman–Crippen LogP) is 3.54. The first-order valence-electron chi connectivity index (χ1n) is 8.64. The minimum absolute atomic E-state index is 0.0692. The summed E-state index contributed by atoms with van der Waals surface area (Å²) in [6.45, 7) is 8.98. The average Bonchev–Trinajstić information content (AvgIpc) is 2.71. The van der Waals surface area contributed by atoms with E-state index in [4.69, 9.17) is 0 Å². The lowest BCUT2D eigenvalue weighted by atomic mass is 9.77. The molecule has 4 unspecified atom stereocenters. The number of unbranched alkanes of at least 4 members (excludes halogenated alkanes) is 1. The minimum atomic E-state index is 0.0692. The van der Waals surface area contributed by atoms with E-state index in [1.165, 1.54) is 25.7 Å². The lowest BCUT2D eigenvalue weighted by Crippen LogP contribution is -2.49. The van der Waals surface area contributed by atoms with Gasteiger partial charge in [-0.2, -0.15) is 0 Å². The first kappa shape index (κ1) is 15.8. The molecule has 0 spiro atoms. The van der Waals surface area contributed by atoms with E-state index < -0.39 is 0 Å². The Kier molecular flexibility index (Phi) is 5.48. The molecule has 1 saturated carbocycles. The van der Waals surface area contributed by atoms with Crippen LogP contribution in [0.4, 0.5) is 0 Å². The Morgan fingerprint density at radius 1 is 1.30 bits per heavy atom. The zero-order valence-corrected chi connectivity index (χ0v) is 13.7. The van der Waals surface area contributed by atoms with Crippen LogP contribution in [0.25, 0.3) is 0 Å². The highest BCUT2D eigenvalue weighted by atomic mass is 16.2. The quantitative estimate of drug-likeness (QED) is 0.835. The molecule has 2 rings (SSSR count). The summed E-state index contributed by atoms with van der Waals surface area (Å²) in [4.78, 5) is 15.0. The molecule has 3 heteroatoms.